The van der Waals surface area contributed by atoms with Crippen molar-refractivity contribution in [2.24, 2.45) is 5.92 Å². The van der Waals surface area contributed by atoms with Crippen molar-refractivity contribution in [3.63, 3.8) is 0 Å². The minimum atomic E-state index is -3.75. The Morgan fingerprint density at radius 1 is 1.33 bits per heavy atom. The first-order valence-electron chi connectivity index (χ1n) is 6.66. The van der Waals surface area contributed by atoms with Crippen LogP contribution in [0, 0.1) is 5.92 Å². The number of hydrogen-bond acceptors (Lipinski definition) is 4. The van der Waals surface area contributed by atoms with Crippen LogP contribution < -0.4 is 5.73 Å². The van der Waals surface area contributed by atoms with Crippen LogP contribution in [0.4, 0.5) is 5.69 Å². The highest BCUT2D eigenvalue weighted by Gasteiger charge is 2.33. The van der Waals surface area contributed by atoms with Crippen molar-refractivity contribution in [1.82, 2.24) is 4.31 Å². The van der Waals surface area contributed by atoms with Gasteiger partial charge in [0.05, 0.1) is 16.8 Å². The maximum absolute atomic E-state index is 12.7. The molecule has 0 aliphatic carbocycles. The van der Waals surface area contributed by atoms with Crippen LogP contribution in [0.2, 0.25) is 10.0 Å². The lowest BCUT2D eigenvalue weighted by Crippen LogP contribution is -2.41. The Bertz CT molecular complexity index is 603. The lowest BCUT2D eigenvalue weighted by atomic mass is 9.93. The van der Waals surface area contributed by atoms with Crippen LogP contribution in [0.5, 0.6) is 0 Å². The molecule has 1 aromatic carbocycles. The van der Waals surface area contributed by atoms with Crippen LogP contribution in [0.15, 0.2) is 17.0 Å². The number of nitrogens with two attached hydrogens (primary N) is 1. The predicted molar refractivity (Wildman–Crippen MR) is 84.0 cm³/mol. The second kappa shape index (κ2) is 6.30. The fraction of sp³-hybridized carbons (Fsp3) is 0.538. The Kier molecular flexibility index (Phi) is 5.05. The molecule has 1 aliphatic heterocycles. The molecule has 0 bridgehead atoms. The summed E-state index contributed by atoms with van der Waals surface area (Å²) in [5.74, 6) is 0.120. The van der Waals surface area contributed by atoms with Gasteiger partial charge in [-0.05, 0) is 37.8 Å². The second-order valence-corrected chi connectivity index (χ2v) is 8.01. The summed E-state index contributed by atoms with van der Waals surface area (Å²) in [7, 11) is -3.75. The highest BCUT2D eigenvalue weighted by atomic mass is 35.5. The second-order valence-electron chi connectivity index (χ2n) is 5.29. The van der Waals surface area contributed by atoms with Crippen molar-refractivity contribution < 1.29 is 13.5 Å². The summed E-state index contributed by atoms with van der Waals surface area (Å²) >= 11 is 11.8. The molecule has 0 aromatic heterocycles. The van der Waals surface area contributed by atoms with Gasteiger partial charge in [-0.2, -0.15) is 4.31 Å². The number of halogens is 2. The molecule has 1 fully saturated rings. The minimum absolute atomic E-state index is 0.0256. The monoisotopic (exact) mass is 352 g/mol. The Balaban J connectivity index is 2.28. The van der Waals surface area contributed by atoms with E-state index in [2.05, 4.69) is 0 Å². The Labute approximate surface area is 134 Å². The fourth-order valence-electron chi connectivity index (χ4n) is 2.58. The standard InChI is InChI=1S/C13H18Cl2N2O3S/c1-8(18)9-2-4-17(5-3-9)21(19,20)13-11(15)6-10(14)7-12(13)16/h6-9,18H,2-5,16H2,1H3. The van der Waals surface area contributed by atoms with Gasteiger partial charge in [-0.3, -0.25) is 0 Å². The number of aliphatic hydroxyl groups excluding tert-OH is 1. The summed E-state index contributed by atoms with van der Waals surface area (Å²) in [5.41, 5.74) is 5.82. The molecular formula is C13H18Cl2N2O3S. The smallest absolute Gasteiger partial charge is 0.246 e. The van der Waals surface area contributed by atoms with Gasteiger partial charge in [-0.1, -0.05) is 23.2 Å². The normalized spacial score (nSPS) is 19.6. The predicted octanol–water partition coefficient (Wildman–Crippen LogP) is 2.36. The third-order valence-electron chi connectivity index (χ3n) is 3.82. The van der Waals surface area contributed by atoms with E-state index in [0.29, 0.717) is 31.0 Å². The molecule has 1 heterocycles. The van der Waals surface area contributed by atoms with Crippen LogP contribution in [-0.4, -0.2) is 37.0 Å². The molecule has 1 saturated heterocycles. The lowest BCUT2D eigenvalue weighted by molar-refractivity contribution is 0.0912. The minimum Gasteiger partial charge on any atom is -0.398 e. The van der Waals surface area contributed by atoms with Gasteiger partial charge >= 0.3 is 0 Å². The first kappa shape index (κ1) is 16.8. The van der Waals surface area contributed by atoms with E-state index in [1.54, 1.807) is 6.92 Å². The molecule has 1 atom stereocenters. The zero-order valence-corrected chi connectivity index (χ0v) is 13.9. The average molecular weight is 353 g/mol. The summed E-state index contributed by atoms with van der Waals surface area (Å²) in [4.78, 5) is -0.0935. The Hall–Kier alpha value is -0.530. The number of benzene rings is 1. The molecule has 0 amide bonds. The number of hydrogen-bond donors (Lipinski definition) is 2. The number of rotatable bonds is 3. The molecule has 1 aromatic rings. The molecule has 2 rings (SSSR count). The number of piperidine rings is 1. The van der Waals surface area contributed by atoms with Gasteiger partial charge in [0.25, 0.3) is 0 Å². The summed E-state index contributed by atoms with van der Waals surface area (Å²) in [6.45, 7) is 2.41. The van der Waals surface area contributed by atoms with Crippen LogP contribution in [-0.2, 0) is 10.0 Å². The van der Waals surface area contributed by atoms with Crippen molar-refractivity contribution >= 4 is 38.9 Å². The zero-order valence-electron chi connectivity index (χ0n) is 11.6. The van der Waals surface area contributed by atoms with Crippen LogP contribution in [0.1, 0.15) is 19.8 Å². The van der Waals surface area contributed by atoms with Crippen molar-refractivity contribution in [3.8, 4) is 0 Å². The van der Waals surface area contributed by atoms with E-state index in [0.717, 1.165) is 0 Å². The first-order valence-corrected chi connectivity index (χ1v) is 8.86. The van der Waals surface area contributed by atoms with E-state index in [4.69, 9.17) is 28.9 Å². The summed E-state index contributed by atoms with van der Waals surface area (Å²) < 4.78 is 26.7. The molecule has 0 spiro atoms. The molecule has 5 nitrogen and oxygen atoms in total. The summed E-state index contributed by atoms with van der Waals surface area (Å²) in [6.07, 6.45) is 0.795. The maximum atomic E-state index is 12.7. The van der Waals surface area contributed by atoms with Crippen molar-refractivity contribution in [1.29, 1.82) is 0 Å². The molecule has 1 unspecified atom stereocenters. The van der Waals surface area contributed by atoms with Crippen LogP contribution in [0.3, 0.4) is 0 Å². The Morgan fingerprint density at radius 3 is 2.38 bits per heavy atom. The van der Waals surface area contributed by atoms with Crippen molar-refractivity contribution in [3.05, 3.63) is 22.2 Å². The topological polar surface area (TPSA) is 83.6 Å². The van der Waals surface area contributed by atoms with Crippen LogP contribution >= 0.6 is 23.2 Å². The lowest BCUT2D eigenvalue weighted by Gasteiger charge is -2.32. The maximum Gasteiger partial charge on any atom is 0.246 e. The molecule has 0 radical (unpaired) electrons. The molecule has 0 saturated carbocycles. The van der Waals surface area contributed by atoms with Crippen molar-refractivity contribution in [2.75, 3.05) is 18.8 Å². The largest absolute Gasteiger partial charge is 0.398 e. The van der Waals surface area contributed by atoms with E-state index in [1.165, 1.54) is 16.4 Å². The molecule has 21 heavy (non-hydrogen) atoms. The van der Waals surface area contributed by atoms with Gasteiger partial charge in [-0.25, -0.2) is 8.42 Å². The van der Waals surface area contributed by atoms with E-state index in [-0.39, 0.29) is 21.5 Å². The van der Waals surface area contributed by atoms with Gasteiger partial charge in [-0.15, -0.1) is 0 Å². The first-order chi connectivity index (χ1) is 9.73. The van der Waals surface area contributed by atoms with Gasteiger partial charge in [0.1, 0.15) is 4.90 Å². The van der Waals surface area contributed by atoms with Crippen molar-refractivity contribution in [2.45, 2.75) is 30.8 Å². The molecule has 1 aliphatic rings. The van der Waals surface area contributed by atoms with Crippen LogP contribution in [0.25, 0.3) is 0 Å². The number of nitrogen functional groups attached to an aromatic ring is 1. The highest BCUT2D eigenvalue weighted by Crippen LogP contribution is 2.35. The zero-order chi connectivity index (χ0) is 15.8. The molecular weight excluding hydrogens is 335 g/mol. The summed E-state index contributed by atoms with van der Waals surface area (Å²) in [6, 6.07) is 2.75. The molecule has 118 valence electrons. The molecule has 8 heteroatoms. The third-order valence-corrected chi connectivity index (χ3v) is 6.46. The average Bonchev–Trinajstić information content (AvgIpc) is 2.37. The number of aliphatic hydroxyl groups is 1. The number of anilines is 1. The third kappa shape index (κ3) is 3.46. The van der Waals surface area contributed by atoms with E-state index < -0.39 is 16.1 Å². The van der Waals surface area contributed by atoms with E-state index in [9.17, 15) is 13.5 Å². The van der Waals surface area contributed by atoms with Gasteiger partial charge in [0.15, 0.2) is 0 Å². The highest BCUT2D eigenvalue weighted by molar-refractivity contribution is 7.89. The molecule has 3 N–H and O–H groups in total. The summed E-state index contributed by atoms with van der Waals surface area (Å²) in [5, 5.41) is 9.90. The fourth-order valence-corrected chi connectivity index (χ4v) is 4.99. The Morgan fingerprint density at radius 2 is 1.90 bits per heavy atom. The van der Waals surface area contributed by atoms with E-state index in [1.807, 2.05) is 0 Å². The number of nitrogens with zero attached hydrogens (tertiary/aromatic N) is 1. The van der Waals surface area contributed by atoms with Gasteiger partial charge in [0.2, 0.25) is 10.0 Å². The quantitative estimate of drug-likeness (QED) is 0.817. The SMILES string of the molecule is CC(O)C1CCN(S(=O)(=O)c2c(N)cc(Cl)cc2Cl)CC1. The van der Waals surface area contributed by atoms with Gasteiger partial charge in [0, 0.05) is 18.1 Å². The van der Waals surface area contributed by atoms with E-state index >= 15 is 0 Å². The van der Waals surface area contributed by atoms with Gasteiger partial charge < -0.3 is 10.8 Å². The number of sulfonamides is 1.